The van der Waals surface area contributed by atoms with Gasteiger partial charge in [-0.25, -0.2) is 37.0 Å². The van der Waals surface area contributed by atoms with Crippen LogP contribution in [0.5, 0.6) is 0 Å². The summed E-state index contributed by atoms with van der Waals surface area (Å²) in [6, 6.07) is 5.57. The first-order valence-corrected chi connectivity index (χ1v) is 11.5. The molecular formula is C23H25F4N7O. The Balaban J connectivity index is 1.32. The van der Waals surface area contributed by atoms with Gasteiger partial charge in [0, 0.05) is 17.8 Å². The fraction of sp³-hybridized carbons (Fsp3) is 0.478. The van der Waals surface area contributed by atoms with E-state index in [2.05, 4.69) is 25.4 Å². The van der Waals surface area contributed by atoms with Crippen LogP contribution in [0.3, 0.4) is 0 Å². The molecule has 0 radical (unpaired) electrons. The summed E-state index contributed by atoms with van der Waals surface area (Å²) >= 11 is 0. The standard InChI is InChI=1S/C23H25F4N7O/c1-13-29-18-7-6-17(31-22(18)33(13)11-20(24)25)16-8-9-34-19(16)10-28-23(32-34)30-14-2-4-15(5-3-14)35-12-21(26)27/h6-10,14-15,20-21H,2-5,11-12H2,1H3,(H,30,32). The van der Waals surface area contributed by atoms with Gasteiger partial charge in [-0.15, -0.1) is 5.10 Å². The summed E-state index contributed by atoms with van der Waals surface area (Å²) in [5, 5.41) is 7.85. The second-order valence-electron chi connectivity index (χ2n) is 8.68. The Morgan fingerprint density at radius 1 is 1.06 bits per heavy atom. The molecule has 4 heterocycles. The number of fused-ring (bicyclic) bond motifs is 2. The van der Waals surface area contributed by atoms with E-state index in [9.17, 15) is 17.6 Å². The van der Waals surface area contributed by atoms with Crippen LogP contribution in [0.1, 0.15) is 31.5 Å². The molecule has 1 N–H and O–H groups in total. The van der Waals surface area contributed by atoms with Crippen molar-refractivity contribution < 1.29 is 22.3 Å². The van der Waals surface area contributed by atoms with Crippen LogP contribution in [0.15, 0.2) is 30.6 Å². The van der Waals surface area contributed by atoms with Crippen molar-refractivity contribution in [3.63, 3.8) is 0 Å². The van der Waals surface area contributed by atoms with E-state index >= 15 is 0 Å². The summed E-state index contributed by atoms with van der Waals surface area (Å²) in [6.07, 6.45) is 1.36. The quantitative estimate of drug-likeness (QED) is 0.359. The van der Waals surface area contributed by atoms with E-state index in [0.717, 1.165) is 23.9 Å². The molecule has 8 nitrogen and oxygen atoms in total. The zero-order valence-corrected chi connectivity index (χ0v) is 19.0. The molecule has 0 saturated heterocycles. The zero-order valence-electron chi connectivity index (χ0n) is 19.0. The molecule has 5 rings (SSSR count). The van der Waals surface area contributed by atoms with Crippen molar-refractivity contribution in [2.45, 2.75) is 64.1 Å². The van der Waals surface area contributed by atoms with Gasteiger partial charge in [0.05, 0.1) is 30.1 Å². The molecule has 4 aromatic rings. The number of halogens is 4. The summed E-state index contributed by atoms with van der Waals surface area (Å²) in [5.74, 6) is 0.950. The van der Waals surface area contributed by atoms with Gasteiger partial charge in [-0.2, -0.15) is 0 Å². The highest BCUT2D eigenvalue weighted by atomic mass is 19.3. The van der Waals surface area contributed by atoms with Crippen LogP contribution in [-0.4, -0.2) is 60.7 Å². The van der Waals surface area contributed by atoms with Crippen LogP contribution in [0.2, 0.25) is 0 Å². The number of hydrogen-bond donors (Lipinski definition) is 1. The van der Waals surface area contributed by atoms with E-state index in [1.54, 1.807) is 36.0 Å². The van der Waals surface area contributed by atoms with E-state index < -0.39 is 26.0 Å². The van der Waals surface area contributed by atoms with Gasteiger partial charge in [0.15, 0.2) is 5.65 Å². The smallest absolute Gasteiger partial charge is 0.261 e. The Labute approximate surface area is 198 Å². The van der Waals surface area contributed by atoms with Crippen LogP contribution in [0.4, 0.5) is 23.5 Å². The summed E-state index contributed by atoms with van der Waals surface area (Å²) in [7, 11) is 0. The maximum absolute atomic E-state index is 13.0. The minimum atomic E-state index is -2.51. The van der Waals surface area contributed by atoms with Gasteiger partial charge in [0.1, 0.15) is 17.9 Å². The molecule has 4 aromatic heterocycles. The Morgan fingerprint density at radius 3 is 2.60 bits per heavy atom. The molecule has 1 saturated carbocycles. The second kappa shape index (κ2) is 9.76. The normalized spacial score (nSPS) is 18.8. The number of pyridine rings is 1. The average Bonchev–Trinajstić information content (AvgIpc) is 3.38. The van der Waals surface area contributed by atoms with E-state index in [-0.39, 0.29) is 12.1 Å². The predicted molar refractivity (Wildman–Crippen MR) is 122 cm³/mol. The van der Waals surface area contributed by atoms with Gasteiger partial charge in [0.2, 0.25) is 5.95 Å². The second-order valence-corrected chi connectivity index (χ2v) is 8.68. The molecule has 186 valence electrons. The van der Waals surface area contributed by atoms with E-state index in [1.807, 2.05) is 6.07 Å². The number of nitrogens with zero attached hydrogens (tertiary/aromatic N) is 6. The monoisotopic (exact) mass is 491 g/mol. The highest BCUT2D eigenvalue weighted by Crippen LogP contribution is 2.27. The first-order valence-electron chi connectivity index (χ1n) is 11.5. The van der Waals surface area contributed by atoms with Crippen molar-refractivity contribution in [1.29, 1.82) is 0 Å². The molecule has 0 aliphatic heterocycles. The Morgan fingerprint density at radius 2 is 1.86 bits per heavy atom. The molecular weight excluding hydrogens is 466 g/mol. The van der Waals surface area contributed by atoms with Gasteiger partial charge >= 0.3 is 0 Å². The minimum Gasteiger partial charge on any atom is -0.372 e. The van der Waals surface area contributed by atoms with Crippen molar-refractivity contribution in [2.75, 3.05) is 11.9 Å². The third-order valence-corrected chi connectivity index (χ3v) is 6.26. The molecule has 0 unspecified atom stereocenters. The number of nitrogens with one attached hydrogen (secondary N) is 1. The fourth-order valence-corrected chi connectivity index (χ4v) is 4.57. The third kappa shape index (κ3) is 5.07. The molecule has 1 aliphatic rings. The highest BCUT2D eigenvalue weighted by molar-refractivity contribution is 5.82. The lowest BCUT2D eigenvalue weighted by atomic mass is 9.93. The summed E-state index contributed by atoms with van der Waals surface area (Å²) < 4.78 is 59.1. The summed E-state index contributed by atoms with van der Waals surface area (Å²) in [4.78, 5) is 13.4. The van der Waals surface area contributed by atoms with Crippen LogP contribution < -0.4 is 5.32 Å². The minimum absolute atomic E-state index is 0.135. The topological polar surface area (TPSA) is 82.2 Å². The SMILES string of the molecule is Cc1nc2ccc(-c3ccn4nc(NC5CCC(OCC(F)F)CC5)ncc34)nc2n1CC(F)F. The number of aromatic nitrogens is 6. The highest BCUT2D eigenvalue weighted by Gasteiger charge is 2.23. The van der Waals surface area contributed by atoms with Gasteiger partial charge in [-0.3, -0.25) is 0 Å². The maximum atomic E-state index is 13.0. The number of ether oxygens (including phenoxy) is 1. The van der Waals surface area contributed by atoms with Crippen molar-refractivity contribution in [2.24, 2.45) is 0 Å². The van der Waals surface area contributed by atoms with E-state index in [0.29, 0.717) is 41.5 Å². The molecule has 1 aliphatic carbocycles. The van der Waals surface area contributed by atoms with Gasteiger partial charge in [-0.1, -0.05) is 0 Å². The lowest BCUT2D eigenvalue weighted by Gasteiger charge is -2.29. The van der Waals surface area contributed by atoms with Crippen LogP contribution in [0, 0.1) is 6.92 Å². The van der Waals surface area contributed by atoms with Crippen molar-refractivity contribution in [1.82, 2.24) is 29.1 Å². The summed E-state index contributed by atoms with van der Waals surface area (Å²) in [5.41, 5.74) is 3.09. The Kier molecular flexibility index (Phi) is 6.54. The van der Waals surface area contributed by atoms with Crippen LogP contribution >= 0.6 is 0 Å². The lowest BCUT2D eigenvalue weighted by Crippen LogP contribution is -2.31. The molecule has 1 fully saturated rings. The number of imidazole rings is 1. The molecule has 0 bridgehead atoms. The predicted octanol–water partition coefficient (Wildman–Crippen LogP) is 4.72. The van der Waals surface area contributed by atoms with Gasteiger partial charge in [0.25, 0.3) is 12.9 Å². The van der Waals surface area contributed by atoms with E-state index in [1.165, 1.54) is 4.57 Å². The Bertz CT molecular complexity index is 1310. The van der Waals surface area contributed by atoms with Gasteiger partial charge < -0.3 is 14.6 Å². The van der Waals surface area contributed by atoms with Gasteiger partial charge in [-0.05, 0) is 50.8 Å². The van der Waals surface area contributed by atoms with Crippen molar-refractivity contribution in [3.8, 4) is 11.3 Å². The number of hydrogen-bond acceptors (Lipinski definition) is 6. The lowest BCUT2D eigenvalue weighted by molar-refractivity contribution is -0.0374. The summed E-state index contributed by atoms with van der Waals surface area (Å²) in [6.45, 7) is 0.699. The van der Waals surface area contributed by atoms with Crippen molar-refractivity contribution in [3.05, 3.63) is 36.4 Å². The molecule has 0 spiro atoms. The zero-order chi connectivity index (χ0) is 24.5. The third-order valence-electron chi connectivity index (χ3n) is 6.26. The molecule has 35 heavy (non-hydrogen) atoms. The molecule has 0 atom stereocenters. The first kappa shape index (κ1) is 23.5. The number of aryl methyl sites for hydroxylation is 1. The molecule has 12 heteroatoms. The molecule has 0 aromatic carbocycles. The maximum Gasteiger partial charge on any atom is 0.261 e. The first-order chi connectivity index (χ1) is 16.9. The number of anilines is 1. The van der Waals surface area contributed by atoms with E-state index in [4.69, 9.17) is 4.74 Å². The number of rotatable bonds is 8. The average molecular weight is 491 g/mol. The molecule has 0 amide bonds. The van der Waals surface area contributed by atoms with Crippen LogP contribution in [-0.2, 0) is 11.3 Å². The van der Waals surface area contributed by atoms with Crippen molar-refractivity contribution >= 4 is 22.6 Å². The van der Waals surface area contributed by atoms with Crippen LogP contribution in [0.25, 0.3) is 27.9 Å². The fourth-order valence-electron chi connectivity index (χ4n) is 4.57. The number of alkyl halides is 4. The largest absolute Gasteiger partial charge is 0.372 e. The Hall–Kier alpha value is -3.28.